The largest absolute Gasteiger partial charge is 0.422 e. The Hall–Kier alpha value is -2.15. The first-order valence-corrected chi connectivity index (χ1v) is 7.73. The van der Waals surface area contributed by atoms with Crippen LogP contribution in [0.4, 0.5) is 0 Å². The van der Waals surface area contributed by atoms with Gasteiger partial charge in [-0.05, 0) is 25.0 Å². The van der Waals surface area contributed by atoms with E-state index < -0.39 is 15.6 Å². The SMILES string of the molecule is O=c1oc2ccccc2c2nn(S(=O)(=O)C3CC3)cc12. The zero-order valence-corrected chi connectivity index (χ0v) is 11.1. The summed E-state index contributed by atoms with van der Waals surface area (Å²) in [6.45, 7) is 0. The fraction of sp³-hybridized carbons (Fsp3) is 0.231. The van der Waals surface area contributed by atoms with E-state index in [2.05, 4.69) is 5.10 Å². The number of para-hydroxylation sites is 1. The van der Waals surface area contributed by atoms with Crippen molar-refractivity contribution < 1.29 is 12.8 Å². The average Bonchev–Trinajstić information content (AvgIpc) is 3.18. The van der Waals surface area contributed by atoms with E-state index in [0.29, 0.717) is 29.3 Å². The second kappa shape index (κ2) is 3.69. The molecule has 102 valence electrons. The molecule has 3 aromatic rings. The normalized spacial score (nSPS) is 16.0. The first-order chi connectivity index (χ1) is 9.57. The molecule has 7 heteroatoms. The number of hydrogen-bond donors (Lipinski definition) is 0. The van der Waals surface area contributed by atoms with Gasteiger partial charge in [-0.1, -0.05) is 12.1 Å². The van der Waals surface area contributed by atoms with Crippen molar-refractivity contribution in [3.63, 3.8) is 0 Å². The van der Waals surface area contributed by atoms with Gasteiger partial charge in [0, 0.05) is 5.39 Å². The highest BCUT2D eigenvalue weighted by Gasteiger charge is 2.38. The zero-order chi connectivity index (χ0) is 13.9. The second-order valence-electron chi connectivity index (χ2n) is 4.89. The van der Waals surface area contributed by atoms with Gasteiger partial charge in [-0.25, -0.2) is 13.2 Å². The lowest BCUT2D eigenvalue weighted by molar-refractivity contribution is 0.569. The van der Waals surface area contributed by atoms with Crippen molar-refractivity contribution >= 4 is 31.9 Å². The number of nitrogens with zero attached hydrogens (tertiary/aromatic N) is 2. The summed E-state index contributed by atoms with van der Waals surface area (Å²) in [5, 5.41) is 4.54. The van der Waals surface area contributed by atoms with Gasteiger partial charge < -0.3 is 4.42 Å². The summed E-state index contributed by atoms with van der Waals surface area (Å²) in [5.41, 5.74) is 0.191. The maximum Gasteiger partial charge on any atom is 0.347 e. The molecular formula is C13H10N2O4S. The molecule has 1 fully saturated rings. The number of rotatable bonds is 2. The van der Waals surface area contributed by atoms with E-state index in [9.17, 15) is 13.2 Å². The lowest BCUT2D eigenvalue weighted by Gasteiger charge is -1.99. The average molecular weight is 290 g/mol. The first-order valence-electron chi connectivity index (χ1n) is 6.23. The Kier molecular flexibility index (Phi) is 2.15. The number of aromatic nitrogens is 2. The Labute approximate surface area is 113 Å². The molecule has 0 aliphatic heterocycles. The van der Waals surface area contributed by atoms with Crippen LogP contribution in [0.5, 0.6) is 0 Å². The molecule has 0 saturated heterocycles. The molecule has 0 bridgehead atoms. The fourth-order valence-corrected chi connectivity index (χ4v) is 3.74. The highest BCUT2D eigenvalue weighted by molar-refractivity contribution is 7.90. The van der Waals surface area contributed by atoms with Crippen LogP contribution in [-0.4, -0.2) is 22.9 Å². The Morgan fingerprint density at radius 2 is 1.95 bits per heavy atom. The third-order valence-corrected chi connectivity index (χ3v) is 5.49. The smallest absolute Gasteiger partial charge is 0.347 e. The molecule has 4 rings (SSSR count). The Balaban J connectivity index is 2.11. The van der Waals surface area contributed by atoms with Gasteiger partial charge in [-0.3, -0.25) is 0 Å². The summed E-state index contributed by atoms with van der Waals surface area (Å²) < 4.78 is 30.4. The van der Waals surface area contributed by atoms with Gasteiger partial charge >= 0.3 is 5.63 Å². The third kappa shape index (κ3) is 1.53. The summed E-state index contributed by atoms with van der Waals surface area (Å²) in [7, 11) is -3.49. The van der Waals surface area contributed by atoms with E-state index in [-0.39, 0.29) is 10.6 Å². The molecule has 1 aliphatic rings. The van der Waals surface area contributed by atoms with Crippen molar-refractivity contribution in [3.8, 4) is 0 Å². The highest BCUT2D eigenvalue weighted by Crippen LogP contribution is 2.30. The third-order valence-electron chi connectivity index (χ3n) is 3.46. The quantitative estimate of drug-likeness (QED) is 0.668. The number of benzene rings is 1. The van der Waals surface area contributed by atoms with Crippen LogP contribution in [-0.2, 0) is 10.0 Å². The van der Waals surface area contributed by atoms with Crippen LogP contribution in [0.1, 0.15) is 12.8 Å². The van der Waals surface area contributed by atoms with Crippen LogP contribution in [0.15, 0.2) is 39.7 Å². The topological polar surface area (TPSA) is 82.2 Å². The molecule has 20 heavy (non-hydrogen) atoms. The maximum atomic E-state index is 12.2. The highest BCUT2D eigenvalue weighted by atomic mass is 32.2. The van der Waals surface area contributed by atoms with Crippen molar-refractivity contribution in [2.75, 3.05) is 0 Å². The fourth-order valence-electron chi connectivity index (χ4n) is 2.26. The molecule has 0 atom stereocenters. The minimum absolute atomic E-state index is 0.188. The maximum absolute atomic E-state index is 12.2. The molecule has 0 radical (unpaired) electrons. The molecule has 0 amide bonds. The van der Waals surface area contributed by atoms with Crippen LogP contribution in [0.2, 0.25) is 0 Å². The van der Waals surface area contributed by atoms with Gasteiger partial charge in [0.05, 0.1) is 11.4 Å². The zero-order valence-electron chi connectivity index (χ0n) is 10.3. The minimum Gasteiger partial charge on any atom is -0.422 e. The van der Waals surface area contributed by atoms with E-state index >= 15 is 0 Å². The molecule has 0 N–H and O–H groups in total. The monoisotopic (exact) mass is 290 g/mol. The van der Waals surface area contributed by atoms with Crippen molar-refractivity contribution in [3.05, 3.63) is 40.9 Å². The van der Waals surface area contributed by atoms with E-state index in [0.717, 1.165) is 4.09 Å². The van der Waals surface area contributed by atoms with Crippen molar-refractivity contribution in [1.82, 2.24) is 9.19 Å². The van der Waals surface area contributed by atoms with E-state index in [4.69, 9.17) is 4.42 Å². The van der Waals surface area contributed by atoms with Crippen LogP contribution >= 0.6 is 0 Å². The Morgan fingerprint density at radius 3 is 2.70 bits per heavy atom. The molecule has 2 heterocycles. The van der Waals surface area contributed by atoms with Crippen LogP contribution in [0.25, 0.3) is 21.9 Å². The summed E-state index contributed by atoms with van der Waals surface area (Å²) in [6, 6.07) is 6.94. The molecule has 2 aromatic heterocycles. The van der Waals surface area contributed by atoms with Gasteiger partial charge in [0.1, 0.15) is 16.5 Å². The first kappa shape index (κ1) is 11.7. The molecule has 0 spiro atoms. The number of fused-ring (bicyclic) bond motifs is 3. The minimum atomic E-state index is -3.49. The van der Waals surface area contributed by atoms with E-state index in [1.807, 2.05) is 0 Å². The number of hydrogen-bond acceptors (Lipinski definition) is 5. The molecular weight excluding hydrogens is 280 g/mol. The van der Waals surface area contributed by atoms with Crippen molar-refractivity contribution in [2.45, 2.75) is 18.1 Å². The van der Waals surface area contributed by atoms with E-state index in [1.54, 1.807) is 24.3 Å². The summed E-state index contributed by atoms with van der Waals surface area (Å²) in [6.07, 6.45) is 2.54. The van der Waals surface area contributed by atoms with Crippen molar-refractivity contribution in [2.24, 2.45) is 0 Å². The summed E-state index contributed by atoms with van der Waals surface area (Å²) in [5.74, 6) is 0. The molecule has 0 unspecified atom stereocenters. The Bertz CT molecular complexity index is 996. The lowest BCUT2D eigenvalue weighted by Crippen LogP contribution is -2.17. The predicted molar refractivity (Wildman–Crippen MR) is 73.1 cm³/mol. The predicted octanol–water partition coefficient (Wildman–Crippen LogP) is 1.48. The standard InChI is InChI=1S/C13H10N2O4S/c16-13-10-7-15(20(17,18)8-5-6-8)14-12(10)9-3-1-2-4-11(9)19-13/h1-4,7-8H,5-6H2. The molecule has 1 saturated carbocycles. The molecule has 1 aromatic carbocycles. The molecule has 6 nitrogen and oxygen atoms in total. The van der Waals surface area contributed by atoms with Gasteiger partial charge in [0.15, 0.2) is 0 Å². The second-order valence-corrected chi connectivity index (χ2v) is 6.96. The van der Waals surface area contributed by atoms with Gasteiger partial charge in [0.25, 0.3) is 10.0 Å². The lowest BCUT2D eigenvalue weighted by atomic mass is 10.2. The van der Waals surface area contributed by atoms with Crippen LogP contribution < -0.4 is 5.63 Å². The van der Waals surface area contributed by atoms with Gasteiger partial charge in [-0.2, -0.15) is 9.19 Å². The van der Waals surface area contributed by atoms with Gasteiger partial charge in [0.2, 0.25) is 0 Å². The van der Waals surface area contributed by atoms with Crippen LogP contribution in [0, 0.1) is 0 Å². The summed E-state index contributed by atoms with van der Waals surface area (Å²) in [4.78, 5) is 11.9. The Morgan fingerprint density at radius 1 is 1.20 bits per heavy atom. The molecule has 1 aliphatic carbocycles. The van der Waals surface area contributed by atoms with Crippen molar-refractivity contribution in [1.29, 1.82) is 0 Å². The van der Waals surface area contributed by atoms with E-state index in [1.165, 1.54) is 6.20 Å². The van der Waals surface area contributed by atoms with Crippen LogP contribution in [0.3, 0.4) is 0 Å². The van der Waals surface area contributed by atoms with Gasteiger partial charge in [-0.15, -0.1) is 0 Å². The summed E-state index contributed by atoms with van der Waals surface area (Å²) >= 11 is 0.